The minimum Gasteiger partial charge on any atom is -0.340 e. The Labute approximate surface area is 333 Å². The number of likely N-dealkylation sites (tertiary alicyclic amines) is 6. The van der Waals surface area contributed by atoms with Crippen LogP contribution in [0.25, 0.3) is 0 Å². The third-order valence-corrected chi connectivity index (χ3v) is 14.2. The molecule has 7 fully saturated rings. The molecular weight excluding hydrogens is 721 g/mol. The van der Waals surface area contributed by atoms with Crippen LogP contribution in [-0.2, 0) is 32.0 Å². The highest BCUT2D eigenvalue weighted by Gasteiger charge is 2.57. The highest BCUT2D eigenvalue weighted by Crippen LogP contribution is 2.48. The van der Waals surface area contributed by atoms with Gasteiger partial charge in [-0.1, -0.05) is 48.5 Å². The molecule has 10 atom stereocenters. The van der Waals surface area contributed by atoms with Crippen LogP contribution in [0.15, 0.2) is 48.5 Å². The van der Waals surface area contributed by atoms with Crippen molar-refractivity contribution in [3.8, 4) is 12.1 Å². The molecule has 4 bridgehead atoms. The molecule has 6 saturated heterocycles. The van der Waals surface area contributed by atoms with Crippen LogP contribution in [0.3, 0.4) is 0 Å². The Morgan fingerprint density at radius 3 is 1.95 bits per heavy atom. The Bertz CT molecular complexity index is 2000. The summed E-state index contributed by atoms with van der Waals surface area (Å²) in [4.78, 5) is 62.8. The van der Waals surface area contributed by atoms with Crippen molar-refractivity contribution in [2.75, 3.05) is 39.8 Å². The number of nitrogens with two attached hydrogens (primary N) is 2. The molecule has 2 aromatic rings. The zero-order valence-electron chi connectivity index (χ0n) is 32.5. The highest BCUT2D eigenvalue weighted by molar-refractivity contribution is 5.88. The Balaban J connectivity index is 0.000000172. The average molecular weight is 773 g/mol. The van der Waals surface area contributed by atoms with Crippen LogP contribution in [0.1, 0.15) is 66.8 Å². The fraction of sp³-hybridized carbons (Fsp3) is 0.581. The van der Waals surface area contributed by atoms with Crippen LogP contribution in [0.5, 0.6) is 0 Å². The Hall–Kier alpha value is -4.86. The van der Waals surface area contributed by atoms with E-state index in [4.69, 9.17) is 16.7 Å². The van der Waals surface area contributed by atoms with E-state index in [0.717, 1.165) is 64.5 Å². The first-order chi connectivity index (χ1) is 27.6. The lowest BCUT2D eigenvalue weighted by Crippen LogP contribution is -2.57. The van der Waals surface area contributed by atoms with Gasteiger partial charge in [-0.25, -0.2) is 0 Å². The largest absolute Gasteiger partial charge is 0.340 e. The molecule has 2 unspecified atom stereocenters. The number of amides is 4. The third-order valence-electron chi connectivity index (χ3n) is 14.2. The topological polar surface area (TPSA) is 187 Å². The van der Waals surface area contributed by atoms with Crippen molar-refractivity contribution in [1.82, 2.24) is 29.4 Å². The molecule has 2 aromatic carbocycles. The summed E-state index contributed by atoms with van der Waals surface area (Å²) in [6.45, 7) is 2.89. The number of hydrogen-bond acceptors (Lipinski definition) is 10. The van der Waals surface area contributed by atoms with Gasteiger partial charge in [-0.2, -0.15) is 10.5 Å². The van der Waals surface area contributed by atoms with Crippen molar-refractivity contribution in [2.45, 2.75) is 112 Å². The highest BCUT2D eigenvalue weighted by atomic mass is 16.2. The van der Waals surface area contributed by atoms with E-state index in [1.54, 1.807) is 14.7 Å². The maximum Gasteiger partial charge on any atom is 0.242 e. The number of rotatable bonds is 7. The summed E-state index contributed by atoms with van der Waals surface area (Å²) in [6.07, 6.45) is 6.90. The van der Waals surface area contributed by atoms with Crippen LogP contribution < -0.4 is 11.5 Å². The van der Waals surface area contributed by atoms with E-state index in [1.165, 1.54) is 22.3 Å². The molecule has 4 N–H and O–H groups in total. The van der Waals surface area contributed by atoms with E-state index >= 15 is 0 Å². The number of benzene rings is 2. The lowest BCUT2D eigenvalue weighted by molar-refractivity contribution is -0.140. The Kier molecular flexibility index (Phi) is 9.80. The van der Waals surface area contributed by atoms with Crippen molar-refractivity contribution < 1.29 is 19.2 Å². The van der Waals surface area contributed by atoms with Gasteiger partial charge in [0.15, 0.2) is 0 Å². The van der Waals surface area contributed by atoms with Crippen molar-refractivity contribution in [3.05, 3.63) is 70.8 Å². The van der Waals surface area contributed by atoms with Crippen molar-refractivity contribution in [3.63, 3.8) is 0 Å². The van der Waals surface area contributed by atoms with E-state index in [2.05, 4.69) is 70.5 Å². The average Bonchev–Trinajstić information content (AvgIpc) is 3.81. The number of likely N-dealkylation sites (N-methyl/N-ethyl adjacent to an activating group) is 1. The molecule has 4 amide bonds. The second-order valence-electron chi connectivity index (χ2n) is 17.4. The van der Waals surface area contributed by atoms with Gasteiger partial charge < -0.3 is 31.1 Å². The second-order valence-corrected chi connectivity index (χ2v) is 17.4. The number of piperazine rings is 2. The quantitative estimate of drug-likeness (QED) is 0.407. The summed E-state index contributed by atoms with van der Waals surface area (Å²) in [6, 6.07) is 19.6. The number of aryl methyl sites for hydroxylation is 2. The molecule has 14 heteroatoms. The van der Waals surface area contributed by atoms with Crippen molar-refractivity contribution in [1.29, 1.82) is 10.5 Å². The van der Waals surface area contributed by atoms with Gasteiger partial charge in [-0.05, 0) is 79.5 Å². The fourth-order valence-electron chi connectivity index (χ4n) is 11.2. The maximum absolute atomic E-state index is 13.9. The van der Waals surface area contributed by atoms with E-state index < -0.39 is 12.1 Å². The predicted molar refractivity (Wildman–Crippen MR) is 208 cm³/mol. The lowest BCUT2D eigenvalue weighted by atomic mass is 9.92. The number of nitriles is 2. The molecular formula is C43H52N10O4. The maximum atomic E-state index is 13.9. The molecule has 14 nitrogen and oxygen atoms in total. The first kappa shape index (κ1) is 37.7. The molecule has 1 saturated carbocycles. The molecule has 6 heterocycles. The normalized spacial score (nSPS) is 32.2. The van der Waals surface area contributed by atoms with Gasteiger partial charge in [0.25, 0.3) is 0 Å². The standard InChI is InChI=1S/C29H31N5O2.C14H21N5O2/c30-14-20-11-19-12-25(19)33(20)28(35)24(31)16-32-15-21-13-26(32)29(36)34(21)27-22-7-3-1-5-17(22)9-10-18-6-2-4-8-23(18)27;1-17-10-5-12(14(17)21)18(7-10)8-11(16)13(20)19-4-2-3-9(19)6-15/h1-8,19-21,24-27H,9-13,15-16,31H2;9-12H,2-5,7-8,16H2,1H3/t19-,20+,21?,24+,25+,26+;9-,10?,11-,12-/m10/s1. The third kappa shape index (κ3) is 6.47. The van der Waals surface area contributed by atoms with Crippen LogP contribution in [0, 0.1) is 28.6 Å². The predicted octanol–water partition coefficient (Wildman–Crippen LogP) is 0.743. The van der Waals surface area contributed by atoms with Gasteiger partial charge in [0.1, 0.15) is 12.1 Å². The summed E-state index contributed by atoms with van der Waals surface area (Å²) < 4.78 is 0. The zero-order valence-corrected chi connectivity index (χ0v) is 32.5. The SMILES string of the molecule is CN1C(=O)[C@@H]2CC1CN2C[C@H](N)C(=O)N1CCC[C@H]1C#N.N#C[C@@H]1C[C@@H]2C[C@@H]2N1C(=O)[C@@H](N)CN1CC2C[C@H]1C(=O)N2C1c2ccccc2CCc2ccccc21. The van der Waals surface area contributed by atoms with E-state index in [-0.39, 0.29) is 72.0 Å². The number of piperidine rings is 1. The van der Waals surface area contributed by atoms with E-state index in [9.17, 15) is 24.4 Å². The van der Waals surface area contributed by atoms with Crippen LogP contribution in [0.4, 0.5) is 0 Å². The van der Waals surface area contributed by atoms with Crippen molar-refractivity contribution >= 4 is 23.6 Å². The molecule has 0 spiro atoms. The monoisotopic (exact) mass is 772 g/mol. The second kappa shape index (κ2) is 14.8. The van der Waals surface area contributed by atoms with Gasteiger partial charge in [-0.3, -0.25) is 29.0 Å². The van der Waals surface area contributed by atoms with Crippen LogP contribution in [0.2, 0.25) is 0 Å². The minimum atomic E-state index is -0.708. The number of nitrogens with zero attached hydrogens (tertiary/aromatic N) is 8. The minimum absolute atomic E-state index is 0.0763. The van der Waals surface area contributed by atoms with Crippen LogP contribution in [-0.4, -0.2) is 147 Å². The number of fused-ring (bicyclic) bond motifs is 7. The summed E-state index contributed by atoms with van der Waals surface area (Å²) in [5.74, 6) is 0.435. The molecule has 298 valence electrons. The smallest absolute Gasteiger partial charge is 0.242 e. The molecule has 6 aliphatic heterocycles. The van der Waals surface area contributed by atoms with Gasteiger partial charge in [-0.15, -0.1) is 0 Å². The lowest BCUT2D eigenvalue weighted by Gasteiger charge is -2.40. The van der Waals surface area contributed by atoms with Crippen LogP contribution >= 0.6 is 0 Å². The molecule has 8 aliphatic rings. The van der Waals surface area contributed by atoms with Gasteiger partial charge >= 0.3 is 0 Å². The van der Waals surface area contributed by atoms with Gasteiger partial charge in [0.05, 0.1) is 42.3 Å². The van der Waals surface area contributed by atoms with Crippen molar-refractivity contribution in [2.24, 2.45) is 17.4 Å². The molecule has 0 aromatic heterocycles. The molecule has 10 rings (SSSR count). The summed E-state index contributed by atoms with van der Waals surface area (Å²) in [7, 11) is 1.83. The number of carbonyl (C=O) groups excluding carboxylic acids is 4. The molecule has 0 radical (unpaired) electrons. The zero-order chi connectivity index (χ0) is 39.7. The first-order valence-corrected chi connectivity index (χ1v) is 20.7. The Morgan fingerprint density at radius 1 is 0.772 bits per heavy atom. The van der Waals surface area contributed by atoms with Gasteiger partial charge in [0.2, 0.25) is 23.6 Å². The molecule has 2 aliphatic carbocycles. The summed E-state index contributed by atoms with van der Waals surface area (Å²) in [5.41, 5.74) is 17.5. The Morgan fingerprint density at radius 2 is 1.35 bits per heavy atom. The fourth-order valence-corrected chi connectivity index (χ4v) is 11.2. The summed E-state index contributed by atoms with van der Waals surface area (Å²) in [5, 5.41) is 18.5. The number of hydrogen-bond donors (Lipinski definition) is 2. The summed E-state index contributed by atoms with van der Waals surface area (Å²) >= 11 is 0. The van der Waals surface area contributed by atoms with E-state index in [1.807, 2.05) is 11.9 Å². The van der Waals surface area contributed by atoms with Gasteiger partial charge in [0, 0.05) is 57.9 Å². The van der Waals surface area contributed by atoms with E-state index in [0.29, 0.717) is 25.6 Å². The number of carbonyl (C=O) groups is 4. The molecule has 57 heavy (non-hydrogen) atoms. The first-order valence-electron chi connectivity index (χ1n) is 20.7.